The van der Waals surface area contributed by atoms with Gasteiger partial charge in [-0.3, -0.25) is 0 Å². The standard InChI is InChI=1S/C16H32N2/c1-13(18)16(12-17,14-8-4-2-5-9-14)15-10-6-3-7-11-15/h13-15H,2-12,17-18H2,1H3. The van der Waals surface area contributed by atoms with Crippen molar-refractivity contribution < 1.29 is 0 Å². The van der Waals surface area contributed by atoms with Crippen LogP contribution < -0.4 is 11.5 Å². The van der Waals surface area contributed by atoms with E-state index < -0.39 is 0 Å². The van der Waals surface area contributed by atoms with Crippen molar-refractivity contribution in [2.75, 3.05) is 6.54 Å². The molecule has 2 aliphatic rings. The van der Waals surface area contributed by atoms with Gasteiger partial charge in [0.1, 0.15) is 0 Å². The van der Waals surface area contributed by atoms with E-state index in [2.05, 4.69) is 6.92 Å². The fraction of sp³-hybridized carbons (Fsp3) is 1.00. The smallest absolute Gasteiger partial charge is 0.00844 e. The zero-order chi connectivity index (χ0) is 13.0. The third-order valence-electron chi connectivity index (χ3n) is 5.93. The summed E-state index contributed by atoms with van der Waals surface area (Å²) in [6.07, 6.45) is 13.9. The number of nitrogens with two attached hydrogens (primary N) is 2. The molecule has 1 atom stereocenters. The molecule has 0 aromatic heterocycles. The molecule has 0 heterocycles. The van der Waals surface area contributed by atoms with Crippen LogP contribution in [0.4, 0.5) is 0 Å². The number of rotatable bonds is 4. The van der Waals surface area contributed by atoms with Gasteiger partial charge < -0.3 is 11.5 Å². The van der Waals surface area contributed by atoms with Crippen LogP contribution in [0, 0.1) is 17.3 Å². The third kappa shape index (κ3) is 2.60. The van der Waals surface area contributed by atoms with Crippen molar-refractivity contribution >= 4 is 0 Å². The van der Waals surface area contributed by atoms with E-state index in [1.54, 1.807) is 0 Å². The van der Waals surface area contributed by atoms with E-state index in [1.807, 2.05) is 0 Å². The maximum atomic E-state index is 6.46. The molecule has 2 saturated carbocycles. The molecule has 106 valence electrons. The number of hydrogen-bond acceptors (Lipinski definition) is 2. The van der Waals surface area contributed by atoms with Crippen molar-refractivity contribution in [3.05, 3.63) is 0 Å². The lowest BCUT2D eigenvalue weighted by Gasteiger charge is -2.51. The van der Waals surface area contributed by atoms with Gasteiger partial charge in [0.05, 0.1) is 0 Å². The first-order chi connectivity index (χ1) is 8.71. The molecule has 2 nitrogen and oxygen atoms in total. The van der Waals surface area contributed by atoms with Crippen LogP contribution >= 0.6 is 0 Å². The van der Waals surface area contributed by atoms with Crippen LogP contribution in [0.3, 0.4) is 0 Å². The molecule has 0 aromatic rings. The Morgan fingerprint density at radius 2 is 1.28 bits per heavy atom. The minimum atomic E-state index is 0.237. The monoisotopic (exact) mass is 252 g/mol. The highest BCUT2D eigenvalue weighted by Gasteiger charge is 2.46. The summed E-state index contributed by atoms with van der Waals surface area (Å²) in [6.45, 7) is 3.02. The van der Waals surface area contributed by atoms with Crippen molar-refractivity contribution in [3.63, 3.8) is 0 Å². The molecule has 0 aliphatic heterocycles. The fourth-order valence-electron chi connectivity index (χ4n) is 4.88. The Kier molecular flexibility index (Phi) is 5.08. The second kappa shape index (κ2) is 6.38. The van der Waals surface area contributed by atoms with Gasteiger partial charge in [0.15, 0.2) is 0 Å². The first kappa shape index (κ1) is 14.3. The van der Waals surface area contributed by atoms with Crippen LogP contribution in [0.15, 0.2) is 0 Å². The Morgan fingerprint density at radius 1 is 0.889 bits per heavy atom. The zero-order valence-electron chi connectivity index (χ0n) is 12.2. The van der Waals surface area contributed by atoms with E-state index >= 15 is 0 Å². The van der Waals surface area contributed by atoms with Crippen molar-refractivity contribution in [2.24, 2.45) is 28.7 Å². The summed E-state index contributed by atoms with van der Waals surface area (Å²) in [7, 11) is 0. The van der Waals surface area contributed by atoms with Gasteiger partial charge in [-0.1, -0.05) is 38.5 Å². The molecule has 0 spiro atoms. The Morgan fingerprint density at radius 3 is 1.56 bits per heavy atom. The van der Waals surface area contributed by atoms with E-state index in [1.165, 1.54) is 64.2 Å². The van der Waals surface area contributed by atoms with E-state index in [-0.39, 0.29) is 11.5 Å². The maximum absolute atomic E-state index is 6.46. The van der Waals surface area contributed by atoms with Gasteiger partial charge in [-0.2, -0.15) is 0 Å². The lowest BCUT2D eigenvalue weighted by Crippen LogP contribution is -2.55. The average Bonchev–Trinajstić information content (AvgIpc) is 2.42. The highest BCUT2D eigenvalue weighted by atomic mass is 14.8. The number of hydrogen-bond donors (Lipinski definition) is 2. The van der Waals surface area contributed by atoms with Crippen LogP contribution in [0.2, 0.25) is 0 Å². The van der Waals surface area contributed by atoms with Crippen molar-refractivity contribution in [1.82, 2.24) is 0 Å². The molecule has 2 heteroatoms. The molecule has 0 amide bonds. The summed E-state index contributed by atoms with van der Waals surface area (Å²) in [5.74, 6) is 1.58. The van der Waals surface area contributed by atoms with Crippen LogP contribution in [0.5, 0.6) is 0 Å². The largest absolute Gasteiger partial charge is 0.330 e. The summed E-state index contributed by atoms with van der Waals surface area (Å²) in [6, 6.07) is 0.258. The van der Waals surface area contributed by atoms with Crippen molar-refractivity contribution in [2.45, 2.75) is 77.2 Å². The SMILES string of the molecule is CC(N)C(CN)(C1CCCCC1)C1CCCCC1. The minimum absolute atomic E-state index is 0.237. The second-order valence-corrected chi connectivity index (χ2v) is 6.78. The van der Waals surface area contributed by atoms with Gasteiger partial charge >= 0.3 is 0 Å². The zero-order valence-corrected chi connectivity index (χ0v) is 12.2. The third-order valence-corrected chi connectivity index (χ3v) is 5.93. The minimum Gasteiger partial charge on any atom is -0.330 e. The summed E-state index contributed by atoms with van der Waals surface area (Å²) in [5, 5.41) is 0. The first-order valence-electron chi connectivity index (χ1n) is 8.17. The van der Waals surface area contributed by atoms with Gasteiger partial charge in [0, 0.05) is 11.5 Å². The average molecular weight is 252 g/mol. The van der Waals surface area contributed by atoms with Crippen LogP contribution in [0.25, 0.3) is 0 Å². The molecule has 4 N–H and O–H groups in total. The quantitative estimate of drug-likeness (QED) is 0.805. The molecule has 0 radical (unpaired) electrons. The molecule has 0 saturated heterocycles. The first-order valence-corrected chi connectivity index (χ1v) is 8.17. The lowest BCUT2D eigenvalue weighted by atomic mass is 9.56. The second-order valence-electron chi connectivity index (χ2n) is 6.78. The molecule has 2 aliphatic carbocycles. The molecule has 2 fully saturated rings. The molecular formula is C16H32N2. The van der Waals surface area contributed by atoms with E-state index in [0.717, 1.165) is 18.4 Å². The van der Waals surface area contributed by atoms with E-state index in [4.69, 9.17) is 11.5 Å². The molecule has 0 bridgehead atoms. The maximum Gasteiger partial charge on any atom is 0.00844 e. The van der Waals surface area contributed by atoms with Gasteiger partial charge in [-0.15, -0.1) is 0 Å². The van der Waals surface area contributed by atoms with Crippen LogP contribution in [0.1, 0.15) is 71.1 Å². The van der Waals surface area contributed by atoms with E-state index in [9.17, 15) is 0 Å². The van der Waals surface area contributed by atoms with Crippen LogP contribution in [-0.4, -0.2) is 12.6 Å². The molecule has 1 unspecified atom stereocenters. The Labute approximate surface area is 113 Å². The predicted octanol–water partition coefficient (Wildman–Crippen LogP) is 3.44. The highest BCUT2D eigenvalue weighted by molar-refractivity contribution is 4.99. The van der Waals surface area contributed by atoms with E-state index in [0.29, 0.717) is 0 Å². The molecule has 2 rings (SSSR count). The van der Waals surface area contributed by atoms with Gasteiger partial charge in [0.2, 0.25) is 0 Å². The lowest BCUT2D eigenvalue weighted by molar-refractivity contribution is 0.0105. The Hall–Kier alpha value is -0.0800. The predicted molar refractivity (Wildman–Crippen MR) is 78.3 cm³/mol. The summed E-state index contributed by atoms with van der Waals surface area (Å²) in [4.78, 5) is 0. The highest BCUT2D eigenvalue weighted by Crippen LogP contribution is 2.49. The fourth-order valence-corrected chi connectivity index (χ4v) is 4.88. The van der Waals surface area contributed by atoms with Crippen molar-refractivity contribution in [3.8, 4) is 0 Å². The van der Waals surface area contributed by atoms with Crippen molar-refractivity contribution in [1.29, 1.82) is 0 Å². The van der Waals surface area contributed by atoms with Crippen LogP contribution in [-0.2, 0) is 0 Å². The van der Waals surface area contributed by atoms with Gasteiger partial charge in [-0.25, -0.2) is 0 Å². The Bertz CT molecular complexity index is 219. The topological polar surface area (TPSA) is 52.0 Å². The Balaban J connectivity index is 2.19. The normalized spacial score (nSPS) is 26.2. The summed E-state index contributed by atoms with van der Waals surface area (Å²) < 4.78 is 0. The van der Waals surface area contributed by atoms with Gasteiger partial charge in [-0.05, 0) is 51.0 Å². The molecular weight excluding hydrogens is 220 g/mol. The molecule has 0 aromatic carbocycles. The summed E-state index contributed by atoms with van der Waals surface area (Å²) >= 11 is 0. The summed E-state index contributed by atoms with van der Waals surface area (Å²) in [5.41, 5.74) is 13.0. The van der Waals surface area contributed by atoms with Gasteiger partial charge in [0.25, 0.3) is 0 Å². The molecule has 18 heavy (non-hydrogen) atoms.